The predicted octanol–water partition coefficient (Wildman–Crippen LogP) is 1.90. The zero-order chi connectivity index (χ0) is 9.97. The lowest BCUT2D eigenvalue weighted by molar-refractivity contribution is 1.09. The molecule has 2 aromatic rings. The molecule has 5 heteroatoms. The van der Waals surface area contributed by atoms with E-state index in [1.807, 2.05) is 6.92 Å². The molecule has 14 heavy (non-hydrogen) atoms. The molecule has 0 aliphatic heterocycles. The smallest absolute Gasteiger partial charge is 0.133 e. The molecule has 0 bridgehead atoms. The van der Waals surface area contributed by atoms with Crippen molar-refractivity contribution in [2.24, 2.45) is 0 Å². The summed E-state index contributed by atoms with van der Waals surface area (Å²) in [7, 11) is 0. The predicted molar refractivity (Wildman–Crippen MR) is 52.8 cm³/mol. The SMILES string of the molecule is Cc1cnc(-c2cc(Cl)ncn2)cn1. The zero-order valence-electron chi connectivity index (χ0n) is 7.48. The number of halogens is 1. The van der Waals surface area contributed by atoms with Gasteiger partial charge in [0.25, 0.3) is 0 Å². The fraction of sp³-hybridized carbons (Fsp3) is 0.111. The van der Waals surface area contributed by atoms with Gasteiger partial charge in [-0.2, -0.15) is 0 Å². The van der Waals surface area contributed by atoms with Crippen molar-refractivity contribution in [3.8, 4) is 11.4 Å². The molecule has 0 fully saturated rings. The third-order valence-electron chi connectivity index (χ3n) is 1.68. The second-order valence-corrected chi connectivity index (χ2v) is 3.16. The van der Waals surface area contributed by atoms with Crippen LogP contribution in [0.5, 0.6) is 0 Å². The molecule has 4 nitrogen and oxygen atoms in total. The van der Waals surface area contributed by atoms with Gasteiger partial charge in [-0.05, 0) is 6.92 Å². The minimum absolute atomic E-state index is 0.400. The quantitative estimate of drug-likeness (QED) is 0.669. The lowest BCUT2D eigenvalue weighted by Gasteiger charge is -1.98. The van der Waals surface area contributed by atoms with Gasteiger partial charge in [0.2, 0.25) is 0 Å². The fourth-order valence-corrected chi connectivity index (χ4v) is 1.15. The standard InChI is InChI=1S/C9H7ClN4/c1-6-3-12-8(4-11-6)7-2-9(10)14-5-13-7/h2-5H,1H3. The molecule has 2 aromatic heterocycles. The highest BCUT2D eigenvalue weighted by atomic mass is 35.5. The van der Waals surface area contributed by atoms with Crippen molar-refractivity contribution in [1.29, 1.82) is 0 Å². The molecule has 0 unspecified atom stereocenters. The van der Waals surface area contributed by atoms with Gasteiger partial charge in [-0.15, -0.1) is 0 Å². The molecule has 0 N–H and O–H groups in total. The third kappa shape index (κ3) is 1.85. The Hall–Kier alpha value is -1.55. The van der Waals surface area contributed by atoms with Crippen molar-refractivity contribution in [1.82, 2.24) is 19.9 Å². The van der Waals surface area contributed by atoms with Crippen LogP contribution in [0.1, 0.15) is 5.69 Å². The molecular weight excluding hydrogens is 200 g/mol. The highest BCUT2D eigenvalue weighted by Gasteiger charge is 2.01. The molecule has 0 radical (unpaired) electrons. The van der Waals surface area contributed by atoms with E-state index in [9.17, 15) is 0 Å². The van der Waals surface area contributed by atoms with Crippen LogP contribution in [0, 0.1) is 6.92 Å². The van der Waals surface area contributed by atoms with Gasteiger partial charge in [-0.1, -0.05) is 11.6 Å². The summed E-state index contributed by atoms with van der Waals surface area (Å²) in [6, 6.07) is 1.65. The molecule has 0 aliphatic rings. The van der Waals surface area contributed by atoms with E-state index in [0.29, 0.717) is 16.5 Å². The van der Waals surface area contributed by atoms with Gasteiger partial charge in [0.05, 0.1) is 17.6 Å². The third-order valence-corrected chi connectivity index (χ3v) is 1.88. The average molecular weight is 207 g/mol. The van der Waals surface area contributed by atoms with Crippen LogP contribution >= 0.6 is 11.6 Å². The topological polar surface area (TPSA) is 51.6 Å². The molecule has 0 aliphatic carbocycles. The Bertz CT molecular complexity index is 441. The molecule has 0 saturated carbocycles. The Morgan fingerprint density at radius 2 is 1.86 bits per heavy atom. The molecule has 0 spiro atoms. The van der Waals surface area contributed by atoms with E-state index in [2.05, 4.69) is 19.9 Å². The van der Waals surface area contributed by atoms with Crippen LogP contribution in [0.3, 0.4) is 0 Å². The fourth-order valence-electron chi connectivity index (χ4n) is 0.999. The molecule has 70 valence electrons. The summed E-state index contributed by atoms with van der Waals surface area (Å²) in [6.45, 7) is 1.88. The van der Waals surface area contributed by atoms with Crippen molar-refractivity contribution in [3.05, 3.63) is 35.6 Å². The maximum atomic E-state index is 5.73. The van der Waals surface area contributed by atoms with Crippen LogP contribution < -0.4 is 0 Å². The zero-order valence-corrected chi connectivity index (χ0v) is 8.23. The molecular formula is C9H7ClN4. The second-order valence-electron chi connectivity index (χ2n) is 2.77. The van der Waals surface area contributed by atoms with Crippen LogP contribution in [0.15, 0.2) is 24.8 Å². The number of nitrogens with zero attached hydrogens (tertiary/aromatic N) is 4. The Kier molecular flexibility index (Phi) is 2.37. The number of aryl methyl sites for hydroxylation is 1. The largest absolute Gasteiger partial charge is 0.258 e. The van der Waals surface area contributed by atoms with Crippen LogP contribution in [0.2, 0.25) is 5.15 Å². The van der Waals surface area contributed by atoms with Gasteiger partial charge in [-0.3, -0.25) is 9.97 Å². The maximum absolute atomic E-state index is 5.73. The Balaban J connectivity index is 2.44. The first-order valence-electron chi connectivity index (χ1n) is 4.02. The van der Waals surface area contributed by atoms with Gasteiger partial charge in [-0.25, -0.2) is 9.97 Å². The van der Waals surface area contributed by atoms with Crippen molar-refractivity contribution in [2.75, 3.05) is 0 Å². The number of aromatic nitrogens is 4. The number of rotatable bonds is 1. The molecule has 0 saturated heterocycles. The van der Waals surface area contributed by atoms with E-state index in [1.165, 1.54) is 6.33 Å². The molecule has 2 heterocycles. The normalized spacial score (nSPS) is 10.1. The first kappa shape index (κ1) is 9.02. The van der Waals surface area contributed by atoms with Gasteiger partial charge in [0.1, 0.15) is 17.2 Å². The summed E-state index contributed by atoms with van der Waals surface area (Å²) in [6.07, 6.45) is 4.75. The lowest BCUT2D eigenvalue weighted by atomic mass is 10.3. The molecule has 2 rings (SSSR count). The van der Waals surface area contributed by atoms with Crippen molar-refractivity contribution in [3.63, 3.8) is 0 Å². The first-order chi connectivity index (χ1) is 6.75. The summed E-state index contributed by atoms with van der Waals surface area (Å²) >= 11 is 5.73. The van der Waals surface area contributed by atoms with Crippen LogP contribution in [-0.4, -0.2) is 19.9 Å². The van der Waals surface area contributed by atoms with E-state index in [-0.39, 0.29) is 0 Å². The van der Waals surface area contributed by atoms with E-state index < -0.39 is 0 Å². The maximum Gasteiger partial charge on any atom is 0.133 e. The Morgan fingerprint density at radius 3 is 2.50 bits per heavy atom. The Labute approximate surface area is 86.0 Å². The summed E-state index contributed by atoms with van der Waals surface area (Å²) in [4.78, 5) is 16.1. The van der Waals surface area contributed by atoms with E-state index >= 15 is 0 Å². The monoisotopic (exact) mass is 206 g/mol. The summed E-state index contributed by atoms with van der Waals surface area (Å²) in [5.74, 6) is 0. The summed E-state index contributed by atoms with van der Waals surface area (Å²) < 4.78 is 0. The van der Waals surface area contributed by atoms with Crippen LogP contribution in [0.4, 0.5) is 0 Å². The van der Waals surface area contributed by atoms with Crippen LogP contribution in [0.25, 0.3) is 11.4 Å². The average Bonchev–Trinajstić information content (AvgIpc) is 2.19. The van der Waals surface area contributed by atoms with Crippen molar-refractivity contribution >= 4 is 11.6 Å². The second kappa shape index (κ2) is 3.67. The van der Waals surface area contributed by atoms with Crippen LogP contribution in [-0.2, 0) is 0 Å². The molecule has 0 amide bonds. The van der Waals surface area contributed by atoms with E-state index in [1.54, 1.807) is 18.5 Å². The van der Waals surface area contributed by atoms with Crippen molar-refractivity contribution < 1.29 is 0 Å². The van der Waals surface area contributed by atoms with Gasteiger partial charge in [0, 0.05) is 12.3 Å². The number of hydrogen-bond acceptors (Lipinski definition) is 4. The van der Waals surface area contributed by atoms with E-state index in [0.717, 1.165) is 5.69 Å². The van der Waals surface area contributed by atoms with Gasteiger partial charge >= 0.3 is 0 Å². The summed E-state index contributed by atoms with van der Waals surface area (Å²) in [5, 5.41) is 0.400. The minimum atomic E-state index is 0.400. The lowest BCUT2D eigenvalue weighted by Crippen LogP contribution is -1.91. The minimum Gasteiger partial charge on any atom is -0.258 e. The Morgan fingerprint density at radius 1 is 1.00 bits per heavy atom. The highest BCUT2D eigenvalue weighted by molar-refractivity contribution is 6.29. The van der Waals surface area contributed by atoms with Crippen molar-refractivity contribution in [2.45, 2.75) is 6.92 Å². The highest BCUT2D eigenvalue weighted by Crippen LogP contribution is 2.14. The van der Waals surface area contributed by atoms with Gasteiger partial charge in [0.15, 0.2) is 0 Å². The van der Waals surface area contributed by atoms with E-state index in [4.69, 9.17) is 11.6 Å². The molecule has 0 aromatic carbocycles. The molecule has 0 atom stereocenters. The first-order valence-corrected chi connectivity index (χ1v) is 4.40. The van der Waals surface area contributed by atoms with Gasteiger partial charge < -0.3 is 0 Å². The summed E-state index contributed by atoms with van der Waals surface area (Å²) in [5.41, 5.74) is 2.24. The number of hydrogen-bond donors (Lipinski definition) is 0.